The Bertz CT molecular complexity index is 469. The van der Waals surface area contributed by atoms with Gasteiger partial charge in [-0.3, -0.25) is 14.9 Å². The second-order valence-corrected chi connectivity index (χ2v) is 3.62. The molecule has 0 saturated heterocycles. The molecule has 0 aromatic heterocycles. The van der Waals surface area contributed by atoms with Crippen molar-refractivity contribution in [3.8, 4) is 0 Å². The summed E-state index contributed by atoms with van der Waals surface area (Å²) in [7, 11) is 0. The standard InChI is InChI=1S/C11H10ClNO5/c1-8(14)18-11(12)7-17-6-9-2-4-10(5-3-9)13(15)16/h2-5,7H,6H2,1H3/b11-7-. The molecule has 1 aromatic rings. The van der Waals surface area contributed by atoms with Crippen LogP contribution < -0.4 is 0 Å². The first-order valence-electron chi connectivity index (χ1n) is 4.88. The third-order valence-corrected chi connectivity index (χ3v) is 1.98. The van der Waals surface area contributed by atoms with E-state index >= 15 is 0 Å². The molecule has 1 rings (SSSR count). The summed E-state index contributed by atoms with van der Waals surface area (Å²) in [5.41, 5.74) is 0.733. The fourth-order valence-electron chi connectivity index (χ4n) is 1.08. The van der Waals surface area contributed by atoms with Crippen LogP contribution in [0.25, 0.3) is 0 Å². The number of carbonyl (C=O) groups excluding carboxylic acids is 1. The van der Waals surface area contributed by atoms with Gasteiger partial charge in [-0.25, -0.2) is 0 Å². The Morgan fingerprint density at radius 2 is 2.06 bits per heavy atom. The first-order chi connectivity index (χ1) is 8.49. The molecule has 7 heteroatoms. The number of non-ortho nitro benzene ring substituents is 1. The molecule has 0 radical (unpaired) electrons. The topological polar surface area (TPSA) is 78.7 Å². The van der Waals surface area contributed by atoms with Gasteiger partial charge in [0, 0.05) is 19.1 Å². The maximum atomic E-state index is 10.5. The van der Waals surface area contributed by atoms with Crippen LogP contribution in [0.15, 0.2) is 35.7 Å². The number of esters is 1. The molecule has 0 aliphatic heterocycles. The fourth-order valence-corrected chi connectivity index (χ4v) is 1.25. The van der Waals surface area contributed by atoms with E-state index in [9.17, 15) is 14.9 Å². The predicted octanol–water partition coefficient (Wildman–Crippen LogP) is 2.71. The molecular formula is C11H10ClNO5. The number of halogens is 1. The van der Waals surface area contributed by atoms with E-state index < -0.39 is 10.9 Å². The fraction of sp³-hybridized carbons (Fsp3) is 0.182. The Hall–Kier alpha value is -2.08. The average molecular weight is 272 g/mol. The molecule has 0 unspecified atom stereocenters. The van der Waals surface area contributed by atoms with E-state index in [0.29, 0.717) is 0 Å². The van der Waals surface area contributed by atoms with E-state index in [2.05, 4.69) is 4.74 Å². The van der Waals surface area contributed by atoms with Gasteiger partial charge in [-0.05, 0) is 29.3 Å². The lowest BCUT2D eigenvalue weighted by Gasteiger charge is -2.02. The number of nitrogens with zero attached hydrogens (tertiary/aromatic N) is 1. The molecule has 0 atom stereocenters. The van der Waals surface area contributed by atoms with Gasteiger partial charge in [0.1, 0.15) is 12.9 Å². The van der Waals surface area contributed by atoms with E-state index in [0.717, 1.165) is 11.8 Å². The molecule has 18 heavy (non-hydrogen) atoms. The molecule has 0 bridgehead atoms. The number of carbonyl (C=O) groups is 1. The zero-order valence-corrected chi connectivity index (χ0v) is 10.2. The van der Waals surface area contributed by atoms with Crippen molar-refractivity contribution in [3.05, 3.63) is 51.4 Å². The maximum Gasteiger partial charge on any atom is 0.308 e. The van der Waals surface area contributed by atoms with Crippen LogP contribution in [0.2, 0.25) is 0 Å². The molecule has 0 aliphatic carbocycles. The Kier molecular flexibility index (Phi) is 5.13. The SMILES string of the molecule is CC(=O)O/C(Cl)=C\OCc1ccc([N+](=O)[O-])cc1. The molecule has 0 saturated carbocycles. The summed E-state index contributed by atoms with van der Waals surface area (Å²) in [4.78, 5) is 20.5. The van der Waals surface area contributed by atoms with Crippen molar-refractivity contribution < 1.29 is 19.2 Å². The van der Waals surface area contributed by atoms with E-state index in [1.807, 2.05) is 0 Å². The Labute approximate surface area is 108 Å². The van der Waals surface area contributed by atoms with E-state index in [1.54, 1.807) is 12.1 Å². The quantitative estimate of drug-likeness (QED) is 0.356. The predicted molar refractivity (Wildman–Crippen MR) is 63.6 cm³/mol. The summed E-state index contributed by atoms with van der Waals surface area (Å²) in [6, 6.07) is 5.86. The van der Waals surface area contributed by atoms with Gasteiger partial charge in [0.25, 0.3) is 5.69 Å². The van der Waals surface area contributed by atoms with E-state index in [1.165, 1.54) is 19.1 Å². The Balaban J connectivity index is 2.49. The second-order valence-electron chi connectivity index (χ2n) is 3.25. The number of hydrogen-bond acceptors (Lipinski definition) is 5. The Morgan fingerprint density at radius 1 is 1.44 bits per heavy atom. The van der Waals surface area contributed by atoms with Crippen molar-refractivity contribution in [3.63, 3.8) is 0 Å². The first kappa shape index (κ1) is 14.0. The minimum Gasteiger partial charge on any atom is -0.492 e. The summed E-state index contributed by atoms with van der Waals surface area (Å²) in [6.45, 7) is 1.38. The van der Waals surface area contributed by atoms with Gasteiger partial charge in [0.05, 0.1) is 4.92 Å². The largest absolute Gasteiger partial charge is 0.492 e. The smallest absolute Gasteiger partial charge is 0.308 e. The van der Waals surface area contributed by atoms with Crippen LogP contribution >= 0.6 is 11.6 Å². The van der Waals surface area contributed by atoms with Gasteiger partial charge in [0.15, 0.2) is 0 Å². The van der Waals surface area contributed by atoms with Crippen molar-refractivity contribution >= 4 is 23.3 Å². The van der Waals surface area contributed by atoms with Crippen LogP contribution in [-0.2, 0) is 20.9 Å². The van der Waals surface area contributed by atoms with E-state index in [-0.39, 0.29) is 17.5 Å². The number of benzene rings is 1. The lowest BCUT2D eigenvalue weighted by atomic mass is 10.2. The molecule has 0 N–H and O–H groups in total. The minimum absolute atomic E-state index is 0.00670. The summed E-state index contributed by atoms with van der Waals surface area (Å²) in [5.74, 6) is -0.546. The molecule has 1 aromatic carbocycles. The molecule has 96 valence electrons. The maximum absolute atomic E-state index is 10.5. The normalized spacial score (nSPS) is 10.9. The van der Waals surface area contributed by atoms with Crippen LogP contribution in [0.3, 0.4) is 0 Å². The van der Waals surface area contributed by atoms with Crippen LogP contribution in [-0.4, -0.2) is 10.9 Å². The molecular weight excluding hydrogens is 262 g/mol. The summed E-state index contributed by atoms with van der Waals surface area (Å²) >= 11 is 5.51. The van der Waals surface area contributed by atoms with Crippen LogP contribution in [0.5, 0.6) is 0 Å². The highest BCUT2D eigenvalue weighted by atomic mass is 35.5. The lowest BCUT2D eigenvalue weighted by Crippen LogP contribution is -1.95. The number of ether oxygens (including phenoxy) is 2. The van der Waals surface area contributed by atoms with Gasteiger partial charge in [-0.15, -0.1) is 0 Å². The second kappa shape index (κ2) is 6.61. The summed E-state index contributed by atoms with van der Waals surface area (Å²) in [6.07, 6.45) is 1.09. The van der Waals surface area contributed by atoms with Gasteiger partial charge < -0.3 is 9.47 Å². The lowest BCUT2D eigenvalue weighted by molar-refractivity contribution is -0.384. The van der Waals surface area contributed by atoms with Crippen molar-refractivity contribution in [2.24, 2.45) is 0 Å². The summed E-state index contributed by atoms with van der Waals surface area (Å²) < 4.78 is 9.55. The van der Waals surface area contributed by atoms with Crippen LogP contribution in [0.4, 0.5) is 5.69 Å². The van der Waals surface area contributed by atoms with Crippen molar-refractivity contribution in [1.29, 1.82) is 0 Å². The van der Waals surface area contributed by atoms with Crippen molar-refractivity contribution in [1.82, 2.24) is 0 Å². The van der Waals surface area contributed by atoms with E-state index in [4.69, 9.17) is 16.3 Å². The molecule has 0 aliphatic rings. The van der Waals surface area contributed by atoms with Crippen molar-refractivity contribution in [2.75, 3.05) is 0 Å². The number of hydrogen-bond donors (Lipinski definition) is 0. The highest BCUT2D eigenvalue weighted by molar-refractivity contribution is 6.28. The highest BCUT2D eigenvalue weighted by Crippen LogP contribution is 2.13. The van der Waals surface area contributed by atoms with Gasteiger partial charge in [-0.2, -0.15) is 0 Å². The zero-order valence-electron chi connectivity index (χ0n) is 9.46. The monoisotopic (exact) mass is 271 g/mol. The minimum atomic E-state index is -0.546. The number of nitro benzene ring substituents is 1. The molecule has 0 spiro atoms. The number of rotatable bonds is 5. The van der Waals surface area contributed by atoms with Gasteiger partial charge >= 0.3 is 5.97 Å². The van der Waals surface area contributed by atoms with Gasteiger partial charge in [-0.1, -0.05) is 0 Å². The third-order valence-electron chi connectivity index (χ3n) is 1.81. The van der Waals surface area contributed by atoms with Crippen LogP contribution in [0.1, 0.15) is 12.5 Å². The van der Waals surface area contributed by atoms with Crippen molar-refractivity contribution in [2.45, 2.75) is 13.5 Å². The zero-order chi connectivity index (χ0) is 13.5. The molecule has 0 amide bonds. The first-order valence-corrected chi connectivity index (χ1v) is 5.26. The average Bonchev–Trinajstić information content (AvgIpc) is 2.28. The molecule has 6 nitrogen and oxygen atoms in total. The molecule has 0 fully saturated rings. The third kappa shape index (κ3) is 4.84. The molecule has 0 heterocycles. The summed E-state index contributed by atoms with van der Waals surface area (Å²) in [5, 5.41) is 10.2. The van der Waals surface area contributed by atoms with Gasteiger partial charge in [0.2, 0.25) is 5.22 Å². The van der Waals surface area contributed by atoms with Crippen LogP contribution in [0, 0.1) is 10.1 Å². The Morgan fingerprint density at radius 3 is 2.56 bits per heavy atom. The highest BCUT2D eigenvalue weighted by Gasteiger charge is 2.04. The number of nitro groups is 1.